The molecule has 1 aromatic rings. The molecule has 0 saturated carbocycles. The van der Waals surface area contributed by atoms with Gasteiger partial charge in [0, 0.05) is 52.2 Å². The molecule has 6 heteroatoms. The molecule has 0 radical (unpaired) electrons. The number of rotatable bonds is 2. The second-order valence-corrected chi connectivity index (χ2v) is 5.14. The predicted molar refractivity (Wildman–Crippen MR) is 68.0 cm³/mol. The van der Waals surface area contributed by atoms with E-state index in [1.54, 1.807) is 30.3 Å². The van der Waals surface area contributed by atoms with Crippen molar-refractivity contribution in [2.24, 2.45) is 0 Å². The number of aromatic nitrogens is 1. The van der Waals surface area contributed by atoms with Crippen LogP contribution in [0.3, 0.4) is 0 Å². The first-order valence-electron chi connectivity index (χ1n) is 5.72. The van der Waals surface area contributed by atoms with Gasteiger partial charge in [-0.3, -0.25) is 4.90 Å². The van der Waals surface area contributed by atoms with Gasteiger partial charge in [0.05, 0.1) is 11.2 Å². The third-order valence-corrected chi connectivity index (χ3v) is 3.53. The standard InChI is InChI=1S/C11H18N4OS/c1-13(2)11(16)15-5-3-14(4-6-15)7-10-8-17-9-12-10/h8-9H,3-7H2,1-2H3. The van der Waals surface area contributed by atoms with Crippen molar-refractivity contribution in [2.75, 3.05) is 40.3 Å². The molecule has 0 aliphatic carbocycles. The molecule has 0 atom stereocenters. The van der Waals surface area contributed by atoms with E-state index in [4.69, 9.17) is 0 Å². The number of nitrogens with zero attached hydrogens (tertiary/aromatic N) is 4. The Balaban J connectivity index is 1.80. The summed E-state index contributed by atoms with van der Waals surface area (Å²) in [5.74, 6) is 0. The molecule has 0 N–H and O–H groups in total. The van der Waals surface area contributed by atoms with E-state index >= 15 is 0 Å². The summed E-state index contributed by atoms with van der Waals surface area (Å²) in [4.78, 5) is 21.9. The van der Waals surface area contributed by atoms with Gasteiger partial charge in [0.15, 0.2) is 0 Å². The molecule has 2 rings (SSSR count). The average molecular weight is 254 g/mol. The van der Waals surface area contributed by atoms with Crippen molar-refractivity contribution in [1.29, 1.82) is 0 Å². The maximum atomic E-state index is 11.7. The lowest BCUT2D eigenvalue weighted by Crippen LogP contribution is -2.51. The topological polar surface area (TPSA) is 39.7 Å². The Kier molecular flexibility index (Phi) is 3.96. The molecule has 1 aliphatic rings. The van der Waals surface area contributed by atoms with Gasteiger partial charge in [-0.15, -0.1) is 11.3 Å². The minimum absolute atomic E-state index is 0.110. The largest absolute Gasteiger partial charge is 0.331 e. The van der Waals surface area contributed by atoms with Gasteiger partial charge in [-0.25, -0.2) is 9.78 Å². The molecular weight excluding hydrogens is 236 g/mol. The Labute approximate surface area is 106 Å². The van der Waals surface area contributed by atoms with Crippen LogP contribution in [0.1, 0.15) is 5.69 Å². The highest BCUT2D eigenvalue weighted by Gasteiger charge is 2.22. The minimum atomic E-state index is 0.110. The molecule has 2 heterocycles. The van der Waals surface area contributed by atoms with E-state index in [1.807, 2.05) is 10.4 Å². The van der Waals surface area contributed by atoms with E-state index in [1.165, 1.54) is 0 Å². The van der Waals surface area contributed by atoms with Crippen molar-refractivity contribution < 1.29 is 4.79 Å². The van der Waals surface area contributed by atoms with Crippen molar-refractivity contribution in [3.8, 4) is 0 Å². The molecule has 1 aliphatic heterocycles. The molecule has 5 nitrogen and oxygen atoms in total. The van der Waals surface area contributed by atoms with Crippen LogP contribution in [-0.4, -0.2) is 66.0 Å². The quantitative estimate of drug-likeness (QED) is 0.788. The fourth-order valence-corrected chi connectivity index (χ4v) is 2.47. The molecule has 0 unspecified atom stereocenters. The van der Waals surface area contributed by atoms with E-state index in [0.717, 1.165) is 38.4 Å². The van der Waals surface area contributed by atoms with Crippen LogP contribution >= 0.6 is 11.3 Å². The van der Waals surface area contributed by atoms with Gasteiger partial charge in [0.1, 0.15) is 0 Å². The maximum absolute atomic E-state index is 11.7. The van der Waals surface area contributed by atoms with Crippen LogP contribution in [0.5, 0.6) is 0 Å². The first kappa shape index (κ1) is 12.3. The highest BCUT2D eigenvalue weighted by molar-refractivity contribution is 7.07. The fraction of sp³-hybridized carbons (Fsp3) is 0.636. The van der Waals surface area contributed by atoms with Crippen LogP contribution in [-0.2, 0) is 6.54 Å². The summed E-state index contributed by atoms with van der Waals surface area (Å²) in [6.07, 6.45) is 0. The van der Waals surface area contributed by atoms with Crippen LogP contribution in [0, 0.1) is 0 Å². The van der Waals surface area contributed by atoms with Gasteiger partial charge >= 0.3 is 6.03 Å². The van der Waals surface area contributed by atoms with E-state index in [-0.39, 0.29) is 6.03 Å². The average Bonchev–Trinajstić information content (AvgIpc) is 2.82. The van der Waals surface area contributed by atoms with Gasteiger partial charge in [0.2, 0.25) is 0 Å². The van der Waals surface area contributed by atoms with Crippen LogP contribution < -0.4 is 0 Å². The Morgan fingerprint density at radius 3 is 2.65 bits per heavy atom. The van der Waals surface area contributed by atoms with Crippen LogP contribution in [0.25, 0.3) is 0 Å². The van der Waals surface area contributed by atoms with E-state index in [9.17, 15) is 4.79 Å². The Bertz CT molecular complexity index is 358. The highest BCUT2D eigenvalue weighted by atomic mass is 32.1. The zero-order valence-electron chi connectivity index (χ0n) is 10.3. The van der Waals surface area contributed by atoms with Crippen molar-refractivity contribution >= 4 is 17.4 Å². The molecule has 2 amide bonds. The molecular formula is C11H18N4OS. The lowest BCUT2D eigenvalue weighted by Gasteiger charge is -2.35. The number of hydrogen-bond acceptors (Lipinski definition) is 4. The summed E-state index contributed by atoms with van der Waals surface area (Å²) in [6, 6.07) is 0.110. The van der Waals surface area contributed by atoms with Gasteiger partial charge in [0.25, 0.3) is 0 Å². The molecule has 1 saturated heterocycles. The van der Waals surface area contributed by atoms with Crippen LogP contribution in [0.4, 0.5) is 4.79 Å². The summed E-state index contributed by atoms with van der Waals surface area (Å²) in [7, 11) is 3.59. The number of amides is 2. The number of piperazine rings is 1. The van der Waals surface area contributed by atoms with Crippen LogP contribution in [0.2, 0.25) is 0 Å². The highest BCUT2D eigenvalue weighted by Crippen LogP contribution is 2.09. The van der Waals surface area contributed by atoms with Crippen LogP contribution in [0.15, 0.2) is 10.9 Å². The molecule has 0 bridgehead atoms. The number of urea groups is 1. The number of carbonyl (C=O) groups excluding carboxylic acids is 1. The van der Waals surface area contributed by atoms with Crippen molar-refractivity contribution in [1.82, 2.24) is 19.7 Å². The monoisotopic (exact) mass is 254 g/mol. The maximum Gasteiger partial charge on any atom is 0.319 e. The van der Waals surface area contributed by atoms with E-state index in [0.29, 0.717) is 0 Å². The number of thiazole rings is 1. The van der Waals surface area contributed by atoms with E-state index < -0.39 is 0 Å². The van der Waals surface area contributed by atoms with Crippen molar-refractivity contribution in [3.05, 3.63) is 16.6 Å². The number of carbonyl (C=O) groups is 1. The molecule has 1 aromatic heterocycles. The lowest BCUT2D eigenvalue weighted by molar-refractivity contribution is 0.119. The molecule has 0 spiro atoms. The van der Waals surface area contributed by atoms with Crippen molar-refractivity contribution in [3.63, 3.8) is 0 Å². The van der Waals surface area contributed by atoms with Gasteiger partial charge in [-0.2, -0.15) is 0 Å². The summed E-state index contributed by atoms with van der Waals surface area (Å²) in [5.41, 5.74) is 2.99. The summed E-state index contributed by atoms with van der Waals surface area (Å²) < 4.78 is 0. The second-order valence-electron chi connectivity index (χ2n) is 4.42. The Morgan fingerprint density at radius 2 is 2.12 bits per heavy atom. The number of hydrogen-bond donors (Lipinski definition) is 0. The lowest BCUT2D eigenvalue weighted by atomic mass is 10.3. The Morgan fingerprint density at radius 1 is 1.41 bits per heavy atom. The third-order valence-electron chi connectivity index (χ3n) is 2.89. The normalized spacial score (nSPS) is 17.2. The zero-order chi connectivity index (χ0) is 12.3. The summed E-state index contributed by atoms with van der Waals surface area (Å²) in [6.45, 7) is 4.37. The van der Waals surface area contributed by atoms with Crippen molar-refractivity contribution in [2.45, 2.75) is 6.54 Å². The molecule has 94 valence electrons. The molecule has 1 fully saturated rings. The minimum Gasteiger partial charge on any atom is -0.331 e. The molecule has 17 heavy (non-hydrogen) atoms. The SMILES string of the molecule is CN(C)C(=O)N1CCN(Cc2cscn2)CC1. The van der Waals surface area contributed by atoms with Gasteiger partial charge in [-0.1, -0.05) is 0 Å². The first-order valence-corrected chi connectivity index (χ1v) is 6.67. The zero-order valence-corrected chi connectivity index (χ0v) is 11.1. The predicted octanol–water partition coefficient (Wildman–Crippen LogP) is 0.942. The summed E-state index contributed by atoms with van der Waals surface area (Å²) >= 11 is 1.63. The van der Waals surface area contributed by atoms with E-state index in [2.05, 4.69) is 15.3 Å². The van der Waals surface area contributed by atoms with Gasteiger partial charge < -0.3 is 9.80 Å². The Hall–Kier alpha value is -1.14. The third kappa shape index (κ3) is 3.17. The smallest absolute Gasteiger partial charge is 0.319 e. The van der Waals surface area contributed by atoms with Gasteiger partial charge in [-0.05, 0) is 0 Å². The second kappa shape index (κ2) is 5.46. The first-order chi connectivity index (χ1) is 8.16. The molecule has 0 aromatic carbocycles. The summed E-state index contributed by atoms with van der Waals surface area (Å²) in [5, 5.41) is 2.08. The fourth-order valence-electron chi connectivity index (χ4n) is 1.92.